The van der Waals surface area contributed by atoms with Gasteiger partial charge in [-0.1, -0.05) is 11.6 Å². The van der Waals surface area contributed by atoms with Crippen molar-refractivity contribution >= 4 is 11.7 Å². The average molecular weight is 255 g/mol. The number of likely N-dealkylation sites (tertiary alicyclic amines) is 1. The second-order valence-corrected chi connectivity index (χ2v) is 5.25. The fourth-order valence-electron chi connectivity index (χ4n) is 2.94. The third-order valence-corrected chi connectivity index (χ3v) is 4.31. The summed E-state index contributed by atoms with van der Waals surface area (Å²) in [5.41, 5.74) is 4.88. The van der Waals surface area contributed by atoms with Crippen molar-refractivity contribution in [2.45, 2.75) is 44.6 Å². The van der Waals surface area contributed by atoms with Gasteiger partial charge in [-0.25, -0.2) is 0 Å². The van der Waals surface area contributed by atoms with Crippen molar-refractivity contribution < 1.29 is 15.1 Å². The molecule has 1 amide bonds. The molecule has 2 aliphatic rings. The molecule has 18 heavy (non-hydrogen) atoms. The Hall–Kier alpha value is -1.30. The van der Waals surface area contributed by atoms with Crippen LogP contribution in [0.5, 0.6) is 0 Å². The third kappa shape index (κ3) is 1.94. The van der Waals surface area contributed by atoms with E-state index in [1.807, 2.05) is 0 Å². The molecular weight excluding hydrogens is 234 g/mol. The van der Waals surface area contributed by atoms with E-state index in [0.29, 0.717) is 19.4 Å². The molecule has 1 saturated carbocycles. The Labute approximate surface area is 106 Å². The molecule has 4 N–H and O–H groups in total. The molecule has 1 heterocycles. The van der Waals surface area contributed by atoms with Gasteiger partial charge in [-0.2, -0.15) is 0 Å². The summed E-state index contributed by atoms with van der Waals surface area (Å²) in [4.78, 5) is 14.3. The van der Waals surface area contributed by atoms with E-state index in [1.165, 1.54) is 0 Å². The van der Waals surface area contributed by atoms with Crippen molar-refractivity contribution in [3.05, 3.63) is 0 Å². The fraction of sp³-hybridized carbons (Fsp3) is 0.833. The van der Waals surface area contributed by atoms with Crippen molar-refractivity contribution in [2.24, 2.45) is 16.3 Å². The lowest BCUT2D eigenvalue weighted by Gasteiger charge is -2.45. The molecule has 2 rings (SSSR count). The number of carbonyl (C=O) groups is 1. The maximum Gasteiger partial charge on any atom is 0.236 e. The second-order valence-electron chi connectivity index (χ2n) is 5.25. The van der Waals surface area contributed by atoms with Gasteiger partial charge in [0.2, 0.25) is 5.91 Å². The van der Waals surface area contributed by atoms with Gasteiger partial charge in [0, 0.05) is 6.54 Å². The number of hydrogen-bond acceptors (Lipinski definition) is 4. The number of aliphatic hydroxyl groups is 1. The molecule has 1 atom stereocenters. The summed E-state index contributed by atoms with van der Waals surface area (Å²) >= 11 is 0. The van der Waals surface area contributed by atoms with Gasteiger partial charge in [-0.15, -0.1) is 0 Å². The summed E-state index contributed by atoms with van der Waals surface area (Å²) in [5, 5.41) is 21.2. The highest BCUT2D eigenvalue weighted by Crippen LogP contribution is 2.43. The lowest BCUT2D eigenvalue weighted by atomic mass is 9.66. The lowest BCUT2D eigenvalue weighted by Crippen LogP contribution is -2.59. The molecule has 1 aliphatic heterocycles. The standard InChI is InChI=1S/C12H21N3O3/c13-10(14-18)12(5-3-6-12)11(17)15-7-2-1-4-9(15)8-16/h9,16,18H,1-8H2,(H2,13,14). The van der Waals surface area contributed by atoms with E-state index in [0.717, 1.165) is 25.7 Å². The van der Waals surface area contributed by atoms with E-state index < -0.39 is 5.41 Å². The van der Waals surface area contributed by atoms with Crippen molar-refractivity contribution in [3.63, 3.8) is 0 Å². The van der Waals surface area contributed by atoms with Gasteiger partial charge >= 0.3 is 0 Å². The Kier molecular flexibility index (Phi) is 3.75. The number of amidine groups is 1. The minimum absolute atomic E-state index is 0.0148. The van der Waals surface area contributed by atoms with Gasteiger partial charge in [-0.05, 0) is 32.1 Å². The second kappa shape index (κ2) is 5.14. The van der Waals surface area contributed by atoms with Crippen LogP contribution in [0, 0.1) is 5.41 Å². The largest absolute Gasteiger partial charge is 0.409 e. The fourth-order valence-corrected chi connectivity index (χ4v) is 2.94. The Morgan fingerprint density at radius 1 is 1.39 bits per heavy atom. The van der Waals surface area contributed by atoms with Crippen LogP contribution in [0.25, 0.3) is 0 Å². The lowest BCUT2D eigenvalue weighted by molar-refractivity contribution is -0.147. The molecule has 1 unspecified atom stereocenters. The predicted molar refractivity (Wildman–Crippen MR) is 66.1 cm³/mol. The highest BCUT2D eigenvalue weighted by Gasteiger charge is 2.51. The summed E-state index contributed by atoms with van der Waals surface area (Å²) in [6.07, 6.45) is 5.00. The number of carbonyl (C=O) groups excluding carboxylic acids is 1. The van der Waals surface area contributed by atoms with Crippen molar-refractivity contribution in [1.82, 2.24) is 4.90 Å². The van der Waals surface area contributed by atoms with Crippen LogP contribution < -0.4 is 5.73 Å². The molecular formula is C12H21N3O3. The zero-order valence-electron chi connectivity index (χ0n) is 10.5. The van der Waals surface area contributed by atoms with Gasteiger partial charge in [0.1, 0.15) is 5.41 Å². The smallest absolute Gasteiger partial charge is 0.236 e. The van der Waals surface area contributed by atoms with Gasteiger partial charge in [0.25, 0.3) is 0 Å². The Morgan fingerprint density at radius 3 is 2.61 bits per heavy atom. The summed E-state index contributed by atoms with van der Waals surface area (Å²) in [6, 6.07) is -0.116. The number of nitrogens with zero attached hydrogens (tertiary/aromatic N) is 2. The van der Waals surface area contributed by atoms with Crippen molar-refractivity contribution in [2.75, 3.05) is 13.2 Å². The Balaban J connectivity index is 2.18. The van der Waals surface area contributed by atoms with Crippen LogP contribution in [0.1, 0.15) is 38.5 Å². The minimum Gasteiger partial charge on any atom is -0.409 e. The minimum atomic E-state index is -0.820. The van der Waals surface area contributed by atoms with Crippen molar-refractivity contribution in [3.8, 4) is 0 Å². The van der Waals surface area contributed by atoms with Crippen LogP contribution in [0.2, 0.25) is 0 Å². The number of rotatable bonds is 3. The number of oxime groups is 1. The zero-order valence-corrected chi connectivity index (χ0v) is 10.5. The van der Waals surface area contributed by atoms with E-state index in [9.17, 15) is 9.90 Å². The molecule has 0 aromatic heterocycles. The maximum atomic E-state index is 12.6. The predicted octanol–water partition coefficient (Wildman–Crippen LogP) is 0.276. The quantitative estimate of drug-likeness (QED) is 0.292. The SMILES string of the molecule is NC(=NO)C1(C(=O)N2CCCCC2CO)CCC1. The first-order valence-electron chi connectivity index (χ1n) is 6.55. The van der Waals surface area contributed by atoms with Crippen LogP contribution in [0.4, 0.5) is 0 Å². The van der Waals surface area contributed by atoms with Gasteiger partial charge < -0.3 is 20.9 Å². The third-order valence-electron chi connectivity index (χ3n) is 4.31. The normalized spacial score (nSPS) is 27.7. The molecule has 0 radical (unpaired) electrons. The first kappa shape index (κ1) is 13.1. The van der Waals surface area contributed by atoms with Crippen LogP contribution >= 0.6 is 0 Å². The van der Waals surface area contributed by atoms with E-state index in [1.54, 1.807) is 4.90 Å². The van der Waals surface area contributed by atoms with E-state index in [4.69, 9.17) is 10.9 Å². The maximum absolute atomic E-state index is 12.6. The summed E-state index contributed by atoms with van der Waals surface area (Å²) in [5.74, 6) is -0.0659. The molecule has 6 heteroatoms. The first-order chi connectivity index (χ1) is 8.65. The van der Waals surface area contributed by atoms with Crippen LogP contribution in [-0.2, 0) is 4.79 Å². The Bertz CT molecular complexity index is 352. The highest BCUT2D eigenvalue weighted by atomic mass is 16.4. The number of piperidine rings is 1. The zero-order chi connectivity index (χ0) is 13.2. The molecule has 0 spiro atoms. The molecule has 6 nitrogen and oxygen atoms in total. The molecule has 2 fully saturated rings. The Morgan fingerprint density at radius 2 is 2.11 bits per heavy atom. The van der Waals surface area contributed by atoms with Crippen molar-refractivity contribution in [1.29, 1.82) is 0 Å². The molecule has 1 saturated heterocycles. The van der Waals surface area contributed by atoms with Crippen LogP contribution in [0.15, 0.2) is 5.16 Å². The average Bonchev–Trinajstić information content (AvgIpc) is 2.36. The molecule has 1 aliphatic carbocycles. The van der Waals surface area contributed by atoms with E-state index in [2.05, 4.69) is 5.16 Å². The summed E-state index contributed by atoms with van der Waals surface area (Å²) in [7, 11) is 0. The van der Waals surface area contributed by atoms with Gasteiger partial charge in [0.15, 0.2) is 5.84 Å². The summed E-state index contributed by atoms with van der Waals surface area (Å²) in [6.45, 7) is 0.641. The number of aliphatic hydroxyl groups excluding tert-OH is 1. The van der Waals surface area contributed by atoms with Crippen LogP contribution in [0.3, 0.4) is 0 Å². The van der Waals surface area contributed by atoms with Crippen LogP contribution in [-0.4, -0.2) is 46.1 Å². The number of nitrogens with two attached hydrogens (primary N) is 1. The van der Waals surface area contributed by atoms with Gasteiger partial charge in [0.05, 0.1) is 12.6 Å². The number of hydrogen-bond donors (Lipinski definition) is 3. The first-order valence-corrected chi connectivity index (χ1v) is 6.55. The summed E-state index contributed by atoms with van der Waals surface area (Å²) < 4.78 is 0. The van der Waals surface area contributed by atoms with Gasteiger partial charge in [-0.3, -0.25) is 4.79 Å². The highest BCUT2D eigenvalue weighted by molar-refractivity contribution is 6.07. The molecule has 102 valence electrons. The molecule has 0 bridgehead atoms. The molecule has 0 aromatic rings. The number of amides is 1. The van der Waals surface area contributed by atoms with E-state index in [-0.39, 0.29) is 24.4 Å². The topological polar surface area (TPSA) is 99.2 Å². The monoisotopic (exact) mass is 255 g/mol. The molecule has 0 aromatic carbocycles. The van der Waals surface area contributed by atoms with E-state index >= 15 is 0 Å².